The quantitative estimate of drug-likeness (QED) is 0.380. The van der Waals surface area contributed by atoms with Crippen molar-refractivity contribution in [2.45, 2.75) is 37.6 Å². The van der Waals surface area contributed by atoms with Crippen molar-refractivity contribution in [3.05, 3.63) is 66.6 Å². The highest BCUT2D eigenvalue weighted by atomic mass is 15.1. The number of hydrogen-bond donors (Lipinski definition) is 3. The molecule has 7 nitrogen and oxygen atoms in total. The molecule has 3 aromatic heterocycles. The number of benzene rings is 1. The van der Waals surface area contributed by atoms with Gasteiger partial charge < -0.3 is 16.0 Å². The molecule has 1 atom stereocenters. The molecule has 1 saturated heterocycles. The van der Waals surface area contributed by atoms with Gasteiger partial charge in [0, 0.05) is 41.6 Å². The molecule has 33 heavy (non-hydrogen) atoms. The molecule has 2 aliphatic rings. The van der Waals surface area contributed by atoms with Crippen LogP contribution in [0.3, 0.4) is 0 Å². The van der Waals surface area contributed by atoms with E-state index in [1.807, 2.05) is 54.9 Å². The lowest BCUT2D eigenvalue weighted by molar-refractivity contribution is 0.633. The number of aromatic nitrogens is 4. The smallest absolute Gasteiger partial charge is 0.162 e. The zero-order chi connectivity index (χ0) is 22.0. The summed E-state index contributed by atoms with van der Waals surface area (Å²) in [6.07, 6.45) is 10.5. The Kier molecular flexibility index (Phi) is 5.32. The maximum atomic E-state index is 5.02. The van der Waals surface area contributed by atoms with Crippen molar-refractivity contribution >= 4 is 28.2 Å². The lowest BCUT2D eigenvalue weighted by Gasteiger charge is -2.16. The monoisotopic (exact) mass is 437 g/mol. The summed E-state index contributed by atoms with van der Waals surface area (Å²) in [4.78, 5) is 18.9. The summed E-state index contributed by atoms with van der Waals surface area (Å²) >= 11 is 0. The zero-order valence-corrected chi connectivity index (χ0v) is 18.5. The summed E-state index contributed by atoms with van der Waals surface area (Å²) in [7, 11) is 0. The van der Waals surface area contributed by atoms with Gasteiger partial charge in [-0.3, -0.25) is 4.98 Å². The SMILES string of the molecule is c1ccc(Nc2cc(-c3nc(NC[C@@H]4CCCN4)c4c(C5CC5)cncc4n3)ccn2)cc1. The summed E-state index contributed by atoms with van der Waals surface area (Å²) in [6, 6.07) is 14.5. The first-order chi connectivity index (χ1) is 16.3. The van der Waals surface area contributed by atoms with E-state index in [2.05, 4.69) is 25.9 Å². The van der Waals surface area contributed by atoms with Crippen LogP contribution in [-0.2, 0) is 0 Å². The summed E-state index contributed by atoms with van der Waals surface area (Å²) in [6.45, 7) is 1.95. The van der Waals surface area contributed by atoms with Crippen LogP contribution in [0, 0.1) is 0 Å². The van der Waals surface area contributed by atoms with E-state index >= 15 is 0 Å². The van der Waals surface area contributed by atoms with Crippen LogP contribution in [0.4, 0.5) is 17.3 Å². The molecule has 1 aliphatic carbocycles. The molecule has 2 fully saturated rings. The van der Waals surface area contributed by atoms with Gasteiger partial charge >= 0.3 is 0 Å². The van der Waals surface area contributed by atoms with Crippen molar-refractivity contribution in [3.63, 3.8) is 0 Å². The van der Waals surface area contributed by atoms with Gasteiger partial charge in [-0.1, -0.05) is 18.2 Å². The van der Waals surface area contributed by atoms with Crippen molar-refractivity contribution in [3.8, 4) is 11.4 Å². The first kappa shape index (κ1) is 20.1. The lowest BCUT2D eigenvalue weighted by Crippen LogP contribution is -2.29. The molecular formula is C26H27N7. The summed E-state index contributed by atoms with van der Waals surface area (Å²) < 4.78 is 0. The van der Waals surface area contributed by atoms with Crippen LogP contribution in [0.2, 0.25) is 0 Å². The van der Waals surface area contributed by atoms with E-state index in [0.29, 0.717) is 17.8 Å². The van der Waals surface area contributed by atoms with Crippen molar-refractivity contribution in [2.24, 2.45) is 0 Å². The molecule has 0 unspecified atom stereocenters. The fourth-order valence-corrected chi connectivity index (χ4v) is 4.53. The van der Waals surface area contributed by atoms with Crippen LogP contribution in [0.5, 0.6) is 0 Å². The van der Waals surface area contributed by atoms with E-state index in [1.165, 1.54) is 31.2 Å². The minimum atomic E-state index is 0.479. The van der Waals surface area contributed by atoms with Gasteiger partial charge in [0.05, 0.1) is 11.7 Å². The van der Waals surface area contributed by atoms with Gasteiger partial charge in [-0.2, -0.15) is 0 Å². The molecular weight excluding hydrogens is 410 g/mol. The van der Waals surface area contributed by atoms with Crippen LogP contribution >= 0.6 is 0 Å². The number of rotatable bonds is 7. The average molecular weight is 438 g/mol. The number of nitrogens with zero attached hydrogens (tertiary/aromatic N) is 4. The van der Waals surface area contributed by atoms with Gasteiger partial charge in [-0.15, -0.1) is 0 Å². The lowest BCUT2D eigenvalue weighted by atomic mass is 10.1. The first-order valence-corrected chi connectivity index (χ1v) is 11.7. The Morgan fingerprint density at radius 1 is 1.00 bits per heavy atom. The van der Waals surface area contributed by atoms with Gasteiger partial charge in [-0.25, -0.2) is 15.0 Å². The molecule has 0 spiro atoms. The van der Waals surface area contributed by atoms with Crippen LogP contribution in [0.25, 0.3) is 22.3 Å². The molecule has 4 heterocycles. The van der Waals surface area contributed by atoms with E-state index in [4.69, 9.17) is 9.97 Å². The zero-order valence-electron chi connectivity index (χ0n) is 18.5. The average Bonchev–Trinajstić information content (AvgIpc) is 3.57. The molecule has 0 bridgehead atoms. The summed E-state index contributed by atoms with van der Waals surface area (Å²) in [5, 5.41) is 11.7. The highest BCUT2D eigenvalue weighted by Gasteiger charge is 2.28. The number of fused-ring (bicyclic) bond motifs is 1. The Bertz CT molecular complexity index is 1260. The molecule has 0 radical (unpaired) electrons. The second-order valence-corrected chi connectivity index (χ2v) is 8.89. The van der Waals surface area contributed by atoms with Crippen molar-refractivity contribution in [1.82, 2.24) is 25.3 Å². The number of pyridine rings is 2. The second kappa shape index (κ2) is 8.75. The van der Waals surface area contributed by atoms with E-state index in [1.54, 1.807) is 6.20 Å². The Labute approximate surface area is 193 Å². The van der Waals surface area contributed by atoms with Gasteiger partial charge in [0.2, 0.25) is 0 Å². The van der Waals surface area contributed by atoms with Crippen LogP contribution in [-0.4, -0.2) is 39.1 Å². The summed E-state index contributed by atoms with van der Waals surface area (Å²) in [5.41, 5.74) is 4.07. The molecule has 1 saturated carbocycles. The van der Waals surface area contributed by atoms with Gasteiger partial charge in [0.15, 0.2) is 5.82 Å². The van der Waals surface area contributed by atoms with Crippen molar-refractivity contribution < 1.29 is 0 Å². The molecule has 1 aromatic carbocycles. The van der Waals surface area contributed by atoms with Crippen LogP contribution in [0.15, 0.2) is 61.1 Å². The number of anilines is 3. The Morgan fingerprint density at radius 3 is 2.73 bits per heavy atom. The Morgan fingerprint density at radius 2 is 1.91 bits per heavy atom. The number of nitrogens with one attached hydrogen (secondary N) is 3. The maximum absolute atomic E-state index is 5.02. The third-order valence-electron chi connectivity index (χ3n) is 6.40. The molecule has 0 amide bonds. The second-order valence-electron chi connectivity index (χ2n) is 8.89. The molecule has 7 heteroatoms. The van der Waals surface area contributed by atoms with Crippen LogP contribution < -0.4 is 16.0 Å². The maximum Gasteiger partial charge on any atom is 0.162 e. The third-order valence-corrected chi connectivity index (χ3v) is 6.40. The van der Waals surface area contributed by atoms with E-state index < -0.39 is 0 Å². The van der Waals surface area contributed by atoms with Crippen molar-refractivity contribution in [2.75, 3.05) is 23.7 Å². The fourth-order valence-electron chi connectivity index (χ4n) is 4.53. The molecule has 166 valence electrons. The standard InChI is InChI=1S/C26H27N7/c1-2-5-19(6-3-1)31-23-13-18(10-12-29-23)25-32-22-16-27-15-21(17-8-9-17)24(22)26(33-25)30-14-20-7-4-11-28-20/h1-3,5-6,10,12-13,15-17,20,28H,4,7-9,11,14H2,(H,29,31)(H,30,32,33)/t20-/m0/s1. The topological polar surface area (TPSA) is 87.7 Å². The number of para-hydroxylation sites is 1. The molecule has 1 aliphatic heterocycles. The first-order valence-electron chi connectivity index (χ1n) is 11.7. The minimum absolute atomic E-state index is 0.479. The highest BCUT2D eigenvalue weighted by Crippen LogP contribution is 2.44. The fraction of sp³-hybridized carbons (Fsp3) is 0.308. The predicted molar refractivity (Wildman–Crippen MR) is 132 cm³/mol. The third kappa shape index (κ3) is 4.36. The minimum Gasteiger partial charge on any atom is -0.368 e. The van der Waals surface area contributed by atoms with E-state index in [9.17, 15) is 0 Å². The van der Waals surface area contributed by atoms with E-state index in [-0.39, 0.29) is 0 Å². The Balaban J connectivity index is 1.38. The molecule has 6 rings (SSSR count). The molecule has 3 N–H and O–H groups in total. The Hall–Kier alpha value is -3.58. The largest absolute Gasteiger partial charge is 0.368 e. The van der Waals surface area contributed by atoms with Gasteiger partial charge in [0.1, 0.15) is 11.6 Å². The molecule has 4 aromatic rings. The normalized spacial score (nSPS) is 17.9. The number of hydrogen-bond acceptors (Lipinski definition) is 7. The predicted octanol–water partition coefficient (Wildman–Crippen LogP) is 4.87. The van der Waals surface area contributed by atoms with Gasteiger partial charge in [-0.05, 0) is 68.0 Å². The van der Waals surface area contributed by atoms with Crippen LogP contribution in [0.1, 0.15) is 37.2 Å². The van der Waals surface area contributed by atoms with Crippen molar-refractivity contribution in [1.29, 1.82) is 0 Å². The highest BCUT2D eigenvalue weighted by molar-refractivity contribution is 5.93. The summed E-state index contributed by atoms with van der Waals surface area (Å²) in [5.74, 6) is 2.92. The van der Waals surface area contributed by atoms with E-state index in [0.717, 1.165) is 46.9 Å². The van der Waals surface area contributed by atoms with Gasteiger partial charge in [0.25, 0.3) is 0 Å².